The Morgan fingerprint density at radius 3 is 2.66 bits per heavy atom. The van der Waals surface area contributed by atoms with Crippen LogP contribution in [0.25, 0.3) is 0 Å². The van der Waals surface area contributed by atoms with E-state index >= 15 is 0 Å². The van der Waals surface area contributed by atoms with E-state index in [1.165, 1.54) is 0 Å². The van der Waals surface area contributed by atoms with Gasteiger partial charge in [0.05, 0.1) is 21.7 Å². The molecule has 2 aromatic carbocycles. The molecule has 3 rings (SSSR count). The summed E-state index contributed by atoms with van der Waals surface area (Å²) in [4.78, 5) is 12.6. The first-order valence-electron chi connectivity index (χ1n) is 8.96. The van der Waals surface area contributed by atoms with Gasteiger partial charge in [-0.05, 0) is 59.6 Å². The molecule has 1 N–H and O–H groups in total. The molecule has 5 nitrogen and oxygen atoms in total. The minimum atomic E-state index is -0.290. The van der Waals surface area contributed by atoms with Gasteiger partial charge in [-0.1, -0.05) is 53.2 Å². The molecular formula is C20H19BrCl2N4OS. The molecule has 0 aliphatic rings. The monoisotopic (exact) mass is 512 g/mol. The van der Waals surface area contributed by atoms with Crippen molar-refractivity contribution in [3.8, 4) is 0 Å². The minimum absolute atomic E-state index is 0.166. The Bertz CT molecular complexity index is 1030. The zero-order valence-corrected chi connectivity index (χ0v) is 19.7. The van der Waals surface area contributed by atoms with Crippen LogP contribution in [0.5, 0.6) is 0 Å². The molecule has 1 atom stereocenters. The fourth-order valence-corrected chi connectivity index (χ4v) is 4.52. The number of hydrogen-bond donors (Lipinski definition) is 1. The second kappa shape index (κ2) is 9.98. The first kappa shape index (κ1) is 22.2. The highest BCUT2D eigenvalue weighted by atomic mass is 79.9. The highest BCUT2D eigenvalue weighted by Gasteiger charge is 2.20. The third kappa shape index (κ3) is 5.34. The van der Waals surface area contributed by atoms with Gasteiger partial charge in [-0.2, -0.15) is 0 Å². The summed E-state index contributed by atoms with van der Waals surface area (Å²) in [5, 5.41) is 13.5. The number of hydrogen-bond acceptors (Lipinski definition) is 4. The Hall–Kier alpha value is -1.54. The van der Waals surface area contributed by atoms with Crippen molar-refractivity contribution in [2.45, 2.75) is 37.3 Å². The normalized spacial score (nSPS) is 12.0. The highest BCUT2D eigenvalue weighted by Crippen LogP contribution is 2.28. The molecule has 0 radical (unpaired) electrons. The zero-order chi connectivity index (χ0) is 21.0. The van der Waals surface area contributed by atoms with Crippen molar-refractivity contribution in [3.63, 3.8) is 0 Å². The lowest BCUT2D eigenvalue weighted by atomic mass is 10.2. The lowest BCUT2D eigenvalue weighted by Crippen LogP contribution is -2.29. The average Bonchev–Trinajstić information content (AvgIpc) is 3.12. The van der Waals surface area contributed by atoms with Gasteiger partial charge in [-0.3, -0.25) is 4.79 Å². The van der Waals surface area contributed by atoms with Gasteiger partial charge in [0.2, 0.25) is 0 Å². The molecule has 1 amide bonds. The van der Waals surface area contributed by atoms with E-state index in [1.54, 1.807) is 23.9 Å². The van der Waals surface area contributed by atoms with Gasteiger partial charge >= 0.3 is 0 Å². The van der Waals surface area contributed by atoms with Crippen LogP contribution in [-0.2, 0) is 12.3 Å². The van der Waals surface area contributed by atoms with Gasteiger partial charge in [0.25, 0.3) is 5.91 Å². The largest absolute Gasteiger partial charge is 0.342 e. The third-order valence-corrected chi connectivity index (χ3v) is 6.74. The Kier molecular flexibility index (Phi) is 7.62. The number of nitrogens with one attached hydrogen (secondary N) is 1. The number of rotatable bonds is 7. The van der Waals surface area contributed by atoms with E-state index in [0.717, 1.165) is 15.2 Å². The topological polar surface area (TPSA) is 59.8 Å². The number of benzene rings is 2. The maximum Gasteiger partial charge on any atom is 0.253 e. The molecular weight excluding hydrogens is 495 g/mol. The second-order valence-corrected chi connectivity index (χ2v) is 8.91. The first-order chi connectivity index (χ1) is 13.9. The lowest BCUT2D eigenvalue weighted by molar-refractivity contribution is 0.0936. The van der Waals surface area contributed by atoms with Crippen LogP contribution in [0.4, 0.5) is 0 Å². The van der Waals surface area contributed by atoms with E-state index in [9.17, 15) is 4.79 Å². The van der Waals surface area contributed by atoms with Crippen molar-refractivity contribution in [1.29, 1.82) is 0 Å². The maximum atomic E-state index is 12.6. The number of amides is 1. The van der Waals surface area contributed by atoms with Crippen molar-refractivity contribution in [3.05, 3.63) is 73.9 Å². The van der Waals surface area contributed by atoms with Gasteiger partial charge in [0.15, 0.2) is 11.0 Å². The van der Waals surface area contributed by atoms with Crippen molar-refractivity contribution < 1.29 is 4.79 Å². The molecule has 152 valence electrons. The minimum Gasteiger partial charge on any atom is -0.342 e. The summed E-state index contributed by atoms with van der Waals surface area (Å²) in [6.07, 6.45) is 0. The number of carbonyl (C=O) groups excluding carboxylic acids is 1. The van der Waals surface area contributed by atoms with E-state index in [0.29, 0.717) is 33.7 Å². The zero-order valence-electron chi connectivity index (χ0n) is 15.8. The molecule has 3 aromatic rings. The quantitative estimate of drug-likeness (QED) is 0.385. The van der Waals surface area contributed by atoms with E-state index in [-0.39, 0.29) is 11.9 Å². The molecule has 1 heterocycles. The predicted octanol–water partition coefficient (Wildman–Crippen LogP) is 6.15. The molecule has 0 aliphatic heterocycles. The van der Waals surface area contributed by atoms with Crippen LogP contribution < -0.4 is 5.32 Å². The van der Waals surface area contributed by atoms with Crippen LogP contribution in [0, 0.1) is 0 Å². The first-order valence-corrected chi connectivity index (χ1v) is 11.5. The van der Waals surface area contributed by atoms with Gasteiger partial charge in [0.1, 0.15) is 0 Å². The Morgan fingerprint density at radius 2 is 1.97 bits per heavy atom. The van der Waals surface area contributed by atoms with E-state index in [1.807, 2.05) is 48.7 Å². The van der Waals surface area contributed by atoms with Crippen molar-refractivity contribution in [1.82, 2.24) is 20.1 Å². The van der Waals surface area contributed by atoms with Crippen LogP contribution in [-0.4, -0.2) is 20.7 Å². The Balaban J connectivity index is 1.72. The van der Waals surface area contributed by atoms with Gasteiger partial charge in [-0.15, -0.1) is 10.2 Å². The number of aromatic nitrogens is 3. The van der Waals surface area contributed by atoms with E-state index in [2.05, 4.69) is 31.4 Å². The van der Waals surface area contributed by atoms with Gasteiger partial charge in [-0.25, -0.2) is 0 Å². The SMILES string of the molecule is CCn1c(SCc2ccc(Cl)c(Cl)c2)nnc1[C@@H](C)NC(=O)c1ccccc1Br. The summed E-state index contributed by atoms with van der Waals surface area (Å²) < 4.78 is 2.76. The van der Waals surface area contributed by atoms with Crippen molar-refractivity contribution >= 4 is 56.8 Å². The van der Waals surface area contributed by atoms with Crippen LogP contribution in [0.2, 0.25) is 10.0 Å². The molecule has 1 aromatic heterocycles. The molecule has 0 aliphatic carbocycles. The third-order valence-electron chi connectivity index (χ3n) is 4.27. The summed E-state index contributed by atoms with van der Waals surface area (Å²) >= 11 is 17.0. The summed E-state index contributed by atoms with van der Waals surface area (Å²) in [6.45, 7) is 4.62. The van der Waals surface area contributed by atoms with E-state index < -0.39 is 0 Å². The Labute approximate surface area is 192 Å². The van der Waals surface area contributed by atoms with Crippen LogP contribution in [0.3, 0.4) is 0 Å². The molecule has 0 unspecified atom stereocenters. The highest BCUT2D eigenvalue weighted by molar-refractivity contribution is 9.10. The molecule has 29 heavy (non-hydrogen) atoms. The molecule has 0 saturated carbocycles. The summed E-state index contributed by atoms with van der Waals surface area (Å²) in [7, 11) is 0. The molecule has 0 bridgehead atoms. The van der Waals surface area contributed by atoms with Crippen LogP contribution >= 0.6 is 50.9 Å². The van der Waals surface area contributed by atoms with Gasteiger partial charge in [0, 0.05) is 16.8 Å². The van der Waals surface area contributed by atoms with E-state index in [4.69, 9.17) is 23.2 Å². The fraction of sp³-hybridized carbons (Fsp3) is 0.250. The smallest absolute Gasteiger partial charge is 0.253 e. The average molecular weight is 514 g/mol. The van der Waals surface area contributed by atoms with Crippen LogP contribution in [0.15, 0.2) is 52.1 Å². The standard InChI is InChI=1S/C20H19BrCl2N4OS/c1-3-27-18(12(2)24-19(28)14-6-4-5-7-15(14)21)25-26-20(27)29-11-13-8-9-16(22)17(23)10-13/h4-10,12H,3,11H2,1-2H3,(H,24,28)/t12-/m1/s1. The fourth-order valence-electron chi connectivity index (χ4n) is 2.79. The van der Waals surface area contributed by atoms with Gasteiger partial charge < -0.3 is 9.88 Å². The van der Waals surface area contributed by atoms with Crippen LogP contribution in [0.1, 0.15) is 41.6 Å². The molecule has 0 saturated heterocycles. The van der Waals surface area contributed by atoms with Crippen molar-refractivity contribution in [2.75, 3.05) is 0 Å². The molecule has 9 heteroatoms. The summed E-state index contributed by atoms with van der Waals surface area (Å²) in [5.74, 6) is 1.23. The molecule has 0 fully saturated rings. The predicted molar refractivity (Wildman–Crippen MR) is 122 cm³/mol. The number of thioether (sulfide) groups is 1. The summed E-state index contributed by atoms with van der Waals surface area (Å²) in [6, 6.07) is 12.6. The number of nitrogens with zero attached hydrogens (tertiary/aromatic N) is 3. The number of carbonyl (C=O) groups is 1. The Morgan fingerprint density at radius 1 is 1.21 bits per heavy atom. The molecule has 0 spiro atoms. The lowest BCUT2D eigenvalue weighted by Gasteiger charge is -2.15. The number of halogens is 3. The second-order valence-electron chi connectivity index (χ2n) is 6.30. The maximum absolute atomic E-state index is 12.6. The summed E-state index contributed by atoms with van der Waals surface area (Å²) in [5.41, 5.74) is 1.63. The van der Waals surface area contributed by atoms with Crippen molar-refractivity contribution in [2.24, 2.45) is 0 Å².